The summed E-state index contributed by atoms with van der Waals surface area (Å²) in [7, 11) is 0. The van der Waals surface area contributed by atoms with Crippen LogP contribution in [0.3, 0.4) is 0 Å². The molecule has 1 unspecified atom stereocenters. The van der Waals surface area contributed by atoms with Crippen LogP contribution in [0.1, 0.15) is 49.3 Å². The van der Waals surface area contributed by atoms with Gasteiger partial charge in [0, 0.05) is 17.1 Å². The summed E-state index contributed by atoms with van der Waals surface area (Å²) in [6, 6.07) is 7.02. The lowest BCUT2D eigenvalue weighted by Crippen LogP contribution is -2.36. The first-order valence-corrected chi connectivity index (χ1v) is 8.22. The van der Waals surface area contributed by atoms with E-state index in [1.54, 1.807) is 0 Å². The maximum absolute atomic E-state index is 6.06. The number of nitrogens with two attached hydrogens (primary N) is 1. The highest BCUT2D eigenvalue weighted by Gasteiger charge is 2.19. The quantitative estimate of drug-likeness (QED) is 0.909. The predicted molar refractivity (Wildman–Crippen MR) is 85.3 cm³/mol. The molecule has 1 atom stereocenters. The van der Waals surface area contributed by atoms with Gasteiger partial charge in [-0.25, -0.2) is 0 Å². The van der Waals surface area contributed by atoms with Crippen LogP contribution in [0.25, 0.3) is 0 Å². The lowest BCUT2D eigenvalue weighted by atomic mass is 10.0. The Balaban J connectivity index is 2.14. The van der Waals surface area contributed by atoms with Crippen LogP contribution in [-0.2, 0) is 0 Å². The molecule has 0 spiro atoms. The smallest absolute Gasteiger partial charge is 0.0470 e. The molecule has 1 aromatic carbocycles. The van der Waals surface area contributed by atoms with E-state index in [2.05, 4.69) is 46.0 Å². The molecule has 3 heteroatoms. The van der Waals surface area contributed by atoms with E-state index in [4.69, 9.17) is 5.73 Å². The number of hydrogen-bond acceptors (Lipinski definition) is 2. The van der Waals surface area contributed by atoms with Crippen LogP contribution in [0.15, 0.2) is 22.7 Å². The van der Waals surface area contributed by atoms with E-state index in [0.717, 1.165) is 0 Å². The third-order valence-electron chi connectivity index (χ3n) is 4.12. The number of hydrogen-bond donors (Lipinski definition) is 1. The fourth-order valence-electron chi connectivity index (χ4n) is 2.95. The van der Waals surface area contributed by atoms with Crippen LogP contribution in [0.4, 0.5) is 0 Å². The molecule has 0 aromatic heterocycles. The molecular formula is C16H25BrN2. The number of aryl methyl sites for hydroxylation is 1. The Morgan fingerprint density at radius 3 is 2.37 bits per heavy atom. The first-order chi connectivity index (χ1) is 9.22. The molecule has 0 radical (unpaired) electrons. The molecule has 2 nitrogen and oxygen atoms in total. The van der Waals surface area contributed by atoms with Gasteiger partial charge in [-0.3, -0.25) is 4.90 Å². The molecule has 1 aliphatic rings. The molecule has 0 amide bonds. The van der Waals surface area contributed by atoms with E-state index in [1.807, 2.05) is 0 Å². The molecule has 1 aliphatic heterocycles. The third kappa shape index (κ3) is 4.04. The SMILES string of the molecule is Cc1cc(C(CN)N2CCCCCCC2)ccc1Br. The van der Waals surface area contributed by atoms with E-state index in [9.17, 15) is 0 Å². The molecule has 0 aliphatic carbocycles. The van der Waals surface area contributed by atoms with Gasteiger partial charge in [0.2, 0.25) is 0 Å². The largest absolute Gasteiger partial charge is 0.329 e. The number of rotatable bonds is 3. The summed E-state index contributed by atoms with van der Waals surface area (Å²) in [5.41, 5.74) is 8.72. The lowest BCUT2D eigenvalue weighted by Gasteiger charge is -2.32. The Hall–Kier alpha value is -0.380. The highest BCUT2D eigenvalue weighted by molar-refractivity contribution is 9.10. The molecule has 19 heavy (non-hydrogen) atoms. The average Bonchev–Trinajstić information content (AvgIpc) is 2.36. The van der Waals surface area contributed by atoms with Gasteiger partial charge < -0.3 is 5.73 Å². The van der Waals surface area contributed by atoms with Crippen LogP contribution in [0, 0.1) is 6.92 Å². The van der Waals surface area contributed by atoms with Crippen LogP contribution in [-0.4, -0.2) is 24.5 Å². The Kier molecular flexibility index (Phi) is 5.86. The zero-order chi connectivity index (χ0) is 13.7. The minimum Gasteiger partial charge on any atom is -0.329 e. The summed E-state index contributed by atoms with van der Waals surface area (Å²) in [6.07, 6.45) is 6.76. The van der Waals surface area contributed by atoms with Crippen molar-refractivity contribution in [3.05, 3.63) is 33.8 Å². The van der Waals surface area contributed by atoms with Crippen molar-refractivity contribution in [1.82, 2.24) is 4.90 Å². The average molecular weight is 325 g/mol. The van der Waals surface area contributed by atoms with Crippen molar-refractivity contribution in [2.24, 2.45) is 5.73 Å². The fourth-order valence-corrected chi connectivity index (χ4v) is 3.20. The summed E-state index contributed by atoms with van der Waals surface area (Å²) < 4.78 is 1.18. The molecule has 1 aromatic rings. The van der Waals surface area contributed by atoms with Crippen molar-refractivity contribution < 1.29 is 0 Å². The maximum atomic E-state index is 6.06. The second-order valence-electron chi connectivity index (χ2n) is 5.56. The van der Waals surface area contributed by atoms with Gasteiger partial charge in [0.25, 0.3) is 0 Å². The summed E-state index contributed by atoms with van der Waals surface area (Å²) in [6.45, 7) is 5.24. The van der Waals surface area contributed by atoms with E-state index in [1.165, 1.54) is 60.8 Å². The zero-order valence-electron chi connectivity index (χ0n) is 11.9. The molecule has 0 saturated carbocycles. The Morgan fingerprint density at radius 1 is 1.16 bits per heavy atom. The third-order valence-corrected chi connectivity index (χ3v) is 5.01. The minimum absolute atomic E-state index is 0.380. The molecule has 1 fully saturated rings. The van der Waals surface area contributed by atoms with Crippen molar-refractivity contribution in [2.75, 3.05) is 19.6 Å². The number of likely N-dealkylation sites (tertiary alicyclic amines) is 1. The van der Waals surface area contributed by atoms with Crippen molar-refractivity contribution in [1.29, 1.82) is 0 Å². The Bertz CT molecular complexity index is 398. The molecule has 2 rings (SSSR count). The molecule has 1 saturated heterocycles. The first-order valence-electron chi connectivity index (χ1n) is 7.42. The molecule has 0 bridgehead atoms. The van der Waals surface area contributed by atoms with Crippen LogP contribution in [0.2, 0.25) is 0 Å². The number of halogens is 1. The Labute approximate surface area is 125 Å². The molecule has 1 heterocycles. The van der Waals surface area contributed by atoms with Gasteiger partial charge in [0.15, 0.2) is 0 Å². The molecule has 2 N–H and O–H groups in total. The topological polar surface area (TPSA) is 29.3 Å². The van der Waals surface area contributed by atoms with E-state index in [0.29, 0.717) is 12.6 Å². The van der Waals surface area contributed by atoms with Gasteiger partial charge >= 0.3 is 0 Å². The lowest BCUT2D eigenvalue weighted by molar-refractivity contribution is 0.183. The predicted octanol–water partition coefficient (Wildman–Crippen LogP) is 4.02. The van der Waals surface area contributed by atoms with Gasteiger partial charge in [-0.05, 0) is 50.0 Å². The van der Waals surface area contributed by atoms with Crippen LogP contribution in [0.5, 0.6) is 0 Å². The van der Waals surface area contributed by atoms with E-state index in [-0.39, 0.29) is 0 Å². The normalized spacial score (nSPS) is 19.7. The summed E-state index contributed by atoms with van der Waals surface area (Å²) in [4.78, 5) is 2.59. The second kappa shape index (κ2) is 7.41. The van der Waals surface area contributed by atoms with Gasteiger partial charge in [-0.2, -0.15) is 0 Å². The molecular weight excluding hydrogens is 300 g/mol. The van der Waals surface area contributed by atoms with Crippen LogP contribution >= 0.6 is 15.9 Å². The minimum atomic E-state index is 0.380. The number of benzene rings is 1. The fraction of sp³-hybridized carbons (Fsp3) is 0.625. The summed E-state index contributed by atoms with van der Waals surface area (Å²) in [5.74, 6) is 0. The monoisotopic (exact) mass is 324 g/mol. The first kappa shape index (κ1) is 15.0. The van der Waals surface area contributed by atoms with Gasteiger partial charge in [-0.1, -0.05) is 47.3 Å². The van der Waals surface area contributed by atoms with Crippen molar-refractivity contribution in [3.63, 3.8) is 0 Å². The van der Waals surface area contributed by atoms with E-state index >= 15 is 0 Å². The van der Waals surface area contributed by atoms with Crippen molar-refractivity contribution in [3.8, 4) is 0 Å². The standard InChI is InChI=1S/C16H25BrN2/c1-13-11-14(7-8-15(13)17)16(12-18)19-9-5-3-2-4-6-10-19/h7-8,11,16H,2-6,9-10,12,18H2,1H3. The Morgan fingerprint density at radius 2 is 1.79 bits per heavy atom. The molecule has 106 valence electrons. The van der Waals surface area contributed by atoms with Crippen molar-refractivity contribution in [2.45, 2.75) is 45.1 Å². The summed E-state index contributed by atoms with van der Waals surface area (Å²) >= 11 is 3.57. The van der Waals surface area contributed by atoms with Crippen molar-refractivity contribution >= 4 is 15.9 Å². The van der Waals surface area contributed by atoms with Crippen LogP contribution < -0.4 is 5.73 Å². The maximum Gasteiger partial charge on any atom is 0.0470 e. The number of nitrogens with zero attached hydrogens (tertiary/aromatic N) is 1. The van der Waals surface area contributed by atoms with Gasteiger partial charge in [0.1, 0.15) is 0 Å². The second-order valence-corrected chi connectivity index (χ2v) is 6.42. The highest BCUT2D eigenvalue weighted by atomic mass is 79.9. The zero-order valence-corrected chi connectivity index (χ0v) is 13.5. The highest BCUT2D eigenvalue weighted by Crippen LogP contribution is 2.26. The summed E-state index contributed by atoms with van der Waals surface area (Å²) in [5, 5.41) is 0. The van der Waals surface area contributed by atoms with Gasteiger partial charge in [0.05, 0.1) is 0 Å². The van der Waals surface area contributed by atoms with E-state index < -0.39 is 0 Å². The van der Waals surface area contributed by atoms with Gasteiger partial charge in [-0.15, -0.1) is 0 Å².